The molecule has 1 aliphatic rings. The van der Waals surface area contributed by atoms with Gasteiger partial charge in [-0.05, 0) is 18.8 Å². The second kappa shape index (κ2) is 8.10. The van der Waals surface area contributed by atoms with E-state index in [-0.39, 0.29) is 30.6 Å². The third-order valence-electron chi connectivity index (χ3n) is 5.59. The minimum atomic E-state index is -4.25. The SMILES string of the molecule is CCC(C)(C)C(C)N1CCN(CC(F)(F)F)CC1CN(C)S(C)(=O)=O. The lowest BCUT2D eigenvalue weighted by Gasteiger charge is -2.49. The largest absolute Gasteiger partial charge is 0.401 e. The molecule has 150 valence electrons. The highest BCUT2D eigenvalue weighted by Crippen LogP contribution is 2.31. The molecule has 1 saturated heterocycles. The van der Waals surface area contributed by atoms with Crippen LogP contribution in [0, 0.1) is 5.41 Å². The third-order valence-corrected chi connectivity index (χ3v) is 6.87. The average molecular weight is 388 g/mol. The molecule has 1 fully saturated rings. The van der Waals surface area contributed by atoms with Crippen molar-refractivity contribution in [1.29, 1.82) is 0 Å². The molecule has 0 spiro atoms. The van der Waals surface area contributed by atoms with Gasteiger partial charge in [-0.15, -0.1) is 0 Å². The monoisotopic (exact) mass is 387 g/mol. The predicted molar refractivity (Wildman–Crippen MR) is 94.0 cm³/mol. The minimum Gasteiger partial charge on any atom is -0.293 e. The molecule has 0 saturated carbocycles. The maximum absolute atomic E-state index is 12.8. The van der Waals surface area contributed by atoms with Crippen molar-refractivity contribution in [2.45, 2.75) is 52.4 Å². The molecule has 2 atom stereocenters. The molecular weight excluding hydrogens is 355 g/mol. The van der Waals surface area contributed by atoms with Gasteiger partial charge in [0.2, 0.25) is 10.0 Å². The predicted octanol–water partition coefficient (Wildman–Crippen LogP) is 2.25. The van der Waals surface area contributed by atoms with Crippen LogP contribution in [0.15, 0.2) is 0 Å². The van der Waals surface area contributed by atoms with Gasteiger partial charge in [0.1, 0.15) is 0 Å². The first kappa shape index (κ1) is 22.7. The summed E-state index contributed by atoms with van der Waals surface area (Å²) in [5.41, 5.74) is -0.00585. The van der Waals surface area contributed by atoms with Gasteiger partial charge in [0.05, 0.1) is 12.8 Å². The second-order valence-electron chi connectivity index (χ2n) is 7.80. The van der Waals surface area contributed by atoms with Crippen molar-refractivity contribution in [3.8, 4) is 0 Å². The number of likely N-dealkylation sites (N-methyl/N-ethyl adjacent to an activating group) is 1. The van der Waals surface area contributed by atoms with Crippen LogP contribution < -0.4 is 0 Å². The van der Waals surface area contributed by atoms with Crippen LogP contribution in [0.4, 0.5) is 13.2 Å². The van der Waals surface area contributed by atoms with Crippen LogP contribution in [-0.2, 0) is 10.0 Å². The Bertz CT molecular complexity index is 537. The summed E-state index contributed by atoms with van der Waals surface area (Å²) < 4.78 is 63.0. The molecule has 5 nitrogen and oxygen atoms in total. The number of rotatable bonds is 7. The van der Waals surface area contributed by atoms with Crippen LogP contribution in [0.1, 0.15) is 34.1 Å². The standard InChI is InChI=1S/C16H32F3N3O2S/c1-7-15(3,4)13(2)22-9-8-21(12-16(17,18)19)11-14(22)10-20(5)25(6,23)24/h13-14H,7-12H2,1-6H3. The molecule has 0 aliphatic carbocycles. The highest BCUT2D eigenvalue weighted by molar-refractivity contribution is 7.88. The average Bonchev–Trinajstić information content (AvgIpc) is 2.44. The fourth-order valence-corrected chi connectivity index (χ4v) is 3.62. The fourth-order valence-electron chi connectivity index (χ4n) is 3.18. The molecule has 1 heterocycles. The summed E-state index contributed by atoms with van der Waals surface area (Å²) in [5.74, 6) is 0. The van der Waals surface area contributed by atoms with E-state index in [1.807, 2.05) is 0 Å². The summed E-state index contributed by atoms with van der Waals surface area (Å²) in [7, 11) is -1.90. The summed E-state index contributed by atoms with van der Waals surface area (Å²) in [5, 5.41) is 0. The Kier molecular flexibility index (Phi) is 7.34. The lowest BCUT2D eigenvalue weighted by atomic mass is 9.81. The van der Waals surface area contributed by atoms with E-state index in [0.29, 0.717) is 13.1 Å². The first-order chi connectivity index (χ1) is 11.2. The Morgan fingerprint density at radius 2 is 1.80 bits per heavy atom. The number of piperazine rings is 1. The molecule has 9 heteroatoms. The third kappa shape index (κ3) is 6.69. The number of halogens is 3. The van der Waals surface area contributed by atoms with Gasteiger partial charge in [0.15, 0.2) is 0 Å². The van der Waals surface area contributed by atoms with E-state index in [2.05, 4.69) is 32.6 Å². The Morgan fingerprint density at radius 3 is 2.24 bits per heavy atom. The number of sulfonamides is 1. The molecule has 0 aromatic heterocycles. The second-order valence-corrected chi connectivity index (χ2v) is 9.89. The molecule has 0 radical (unpaired) electrons. The Morgan fingerprint density at radius 1 is 1.24 bits per heavy atom. The van der Waals surface area contributed by atoms with Crippen molar-refractivity contribution < 1.29 is 21.6 Å². The highest BCUT2D eigenvalue weighted by atomic mass is 32.2. The van der Waals surface area contributed by atoms with Crippen molar-refractivity contribution in [3.05, 3.63) is 0 Å². The maximum Gasteiger partial charge on any atom is 0.401 e. The van der Waals surface area contributed by atoms with Gasteiger partial charge in [0, 0.05) is 45.3 Å². The van der Waals surface area contributed by atoms with Crippen molar-refractivity contribution >= 4 is 10.0 Å². The first-order valence-corrected chi connectivity index (χ1v) is 10.5. The lowest BCUT2D eigenvalue weighted by molar-refractivity contribution is -0.154. The number of hydrogen-bond donors (Lipinski definition) is 0. The van der Waals surface area contributed by atoms with Crippen LogP contribution in [0.25, 0.3) is 0 Å². The van der Waals surface area contributed by atoms with Gasteiger partial charge in [-0.1, -0.05) is 20.8 Å². The zero-order chi connectivity index (χ0) is 19.6. The molecular formula is C16H32F3N3O2S. The summed E-state index contributed by atoms with van der Waals surface area (Å²) in [4.78, 5) is 3.56. The van der Waals surface area contributed by atoms with Gasteiger partial charge < -0.3 is 0 Å². The summed E-state index contributed by atoms with van der Waals surface area (Å²) in [6.07, 6.45) is -2.19. The number of nitrogens with zero attached hydrogens (tertiary/aromatic N) is 3. The Balaban J connectivity index is 2.99. The number of alkyl halides is 3. The zero-order valence-corrected chi connectivity index (χ0v) is 16.9. The fraction of sp³-hybridized carbons (Fsp3) is 1.00. The van der Waals surface area contributed by atoms with Crippen molar-refractivity contribution in [2.24, 2.45) is 5.41 Å². The summed E-state index contributed by atoms with van der Waals surface area (Å²) in [6.45, 7) is 8.73. The lowest BCUT2D eigenvalue weighted by Crippen LogP contribution is -2.62. The van der Waals surface area contributed by atoms with E-state index in [0.717, 1.165) is 12.7 Å². The van der Waals surface area contributed by atoms with Crippen molar-refractivity contribution in [1.82, 2.24) is 14.1 Å². The molecule has 2 unspecified atom stereocenters. The van der Waals surface area contributed by atoms with Gasteiger partial charge >= 0.3 is 6.18 Å². The molecule has 1 rings (SSSR count). The van der Waals surface area contributed by atoms with Crippen LogP contribution in [0.3, 0.4) is 0 Å². The molecule has 25 heavy (non-hydrogen) atoms. The van der Waals surface area contributed by atoms with Crippen LogP contribution in [0.2, 0.25) is 0 Å². The van der Waals surface area contributed by atoms with E-state index in [9.17, 15) is 21.6 Å². The summed E-state index contributed by atoms with van der Waals surface area (Å²) in [6, 6.07) is -0.125. The van der Waals surface area contributed by atoms with E-state index in [4.69, 9.17) is 0 Å². The normalized spacial score (nSPS) is 23.2. The topological polar surface area (TPSA) is 43.9 Å². The Hall–Kier alpha value is -0.380. The van der Waals surface area contributed by atoms with E-state index in [1.54, 1.807) is 0 Å². The Labute approximate surface area is 150 Å². The molecule has 0 N–H and O–H groups in total. The van der Waals surface area contributed by atoms with Gasteiger partial charge in [-0.25, -0.2) is 12.7 Å². The van der Waals surface area contributed by atoms with Crippen molar-refractivity contribution in [3.63, 3.8) is 0 Å². The minimum absolute atomic E-state index is 0.00585. The first-order valence-electron chi connectivity index (χ1n) is 8.63. The van der Waals surface area contributed by atoms with E-state index >= 15 is 0 Å². The van der Waals surface area contributed by atoms with Crippen molar-refractivity contribution in [2.75, 3.05) is 46.0 Å². The van der Waals surface area contributed by atoms with Gasteiger partial charge in [0.25, 0.3) is 0 Å². The van der Waals surface area contributed by atoms with Crippen LogP contribution >= 0.6 is 0 Å². The highest BCUT2D eigenvalue weighted by Gasteiger charge is 2.40. The molecule has 0 bridgehead atoms. The molecule has 0 amide bonds. The van der Waals surface area contributed by atoms with E-state index < -0.39 is 22.7 Å². The van der Waals surface area contributed by atoms with Gasteiger partial charge in [-0.2, -0.15) is 13.2 Å². The molecule has 0 aromatic carbocycles. The smallest absolute Gasteiger partial charge is 0.293 e. The number of hydrogen-bond acceptors (Lipinski definition) is 4. The molecule has 0 aromatic rings. The molecule has 1 aliphatic heterocycles. The van der Waals surface area contributed by atoms with Gasteiger partial charge in [-0.3, -0.25) is 9.80 Å². The zero-order valence-electron chi connectivity index (χ0n) is 16.1. The van der Waals surface area contributed by atoms with Crippen LogP contribution in [0.5, 0.6) is 0 Å². The van der Waals surface area contributed by atoms with E-state index in [1.165, 1.54) is 16.3 Å². The van der Waals surface area contributed by atoms with Crippen LogP contribution in [-0.4, -0.2) is 86.8 Å². The summed E-state index contributed by atoms with van der Waals surface area (Å²) >= 11 is 0. The maximum atomic E-state index is 12.8. The quantitative estimate of drug-likeness (QED) is 0.672.